The zero-order chi connectivity index (χ0) is 16.3. The molecule has 1 heterocycles. The van der Waals surface area contributed by atoms with Gasteiger partial charge in [-0.2, -0.15) is 0 Å². The second-order valence-electron chi connectivity index (χ2n) is 4.57. The molecule has 1 fully saturated rings. The molecule has 0 aliphatic carbocycles. The third kappa shape index (κ3) is 3.30. The van der Waals surface area contributed by atoms with Gasteiger partial charge in [-0.25, -0.2) is 4.79 Å². The number of phenolic OH excluding ortho intramolecular Hbond substituents is 1. The highest BCUT2D eigenvalue weighted by atomic mass is 32.2. The first-order valence-corrected chi connectivity index (χ1v) is 7.48. The van der Waals surface area contributed by atoms with E-state index in [1.807, 2.05) is 0 Å². The summed E-state index contributed by atoms with van der Waals surface area (Å²) in [4.78, 5) is 37.1. The second-order valence-corrected chi connectivity index (χ2v) is 5.56. The molecule has 1 aromatic carbocycles. The fourth-order valence-corrected chi connectivity index (χ4v) is 2.81. The zero-order valence-corrected chi connectivity index (χ0v) is 12.9. The lowest BCUT2D eigenvalue weighted by Gasteiger charge is -2.19. The number of imide groups is 1. The molecule has 22 heavy (non-hydrogen) atoms. The highest BCUT2D eigenvalue weighted by Crippen LogP contribution is 2.33. The lowest BCUT2D eigenvalue weighted by atomic mass is 10.2. The van der Waals surface area contributed by atoms with Crippen LogP contribution in [0.3, 0.4) is 0 Å². The van der Waals surface area contributed by atoms with Crippen LogP contribution in [0.1, 0.15) is 19.4 Å². The van der Waals surface area contributed by atoms with E-state index in [9.17, 15) is 19.5 Å². The smallest absolute Gasteiger partial charge is 0.329 e. The molecule has 1 atom stereocenters. The Morgan fingerprint density at radius 2 is 2.00 bits per heavy atom. The van der Waals surface area contributed by atoms with Crippen molar-refractivity contribution in [1.82, 2.24) is 4.90 Å². The number of rotatable bonds is 4. The average Bonchev–Trinajstić information content (AvgIpc) is 2.75. The number of hydrogen-bond donors (Lipinski definition) is 1. The maximum atomic E-state index is 12.3. The first kappa shape index (κ1) is 16.1. The fourth-order valence-electron chi connectivity index (χ4n) is 1.90. The molecule has 1 aliphatic rings. The summed E-state index contributed by atoms with van der Waals surface area (Å²) in [5, 5.41) is 8.73. The lowest BCUT2D eigenvalue weighted by molar-refractivity contribution is -0.150. The molecule has 1 aliphatic heterocycles. The van der Waals surface area contributed by atoms with E-state index in [0.717, 1.165) is 16.7 Å². The van der Waals surface area contributed by atoms with Crippen molar-refractivity contribution >= 4 is 35.0 Å². The van der Waals surface area contributed by atoms with Gasteiger partial charge in [0.05, 0.1) is 11.5 Å². The summed E-state index contributed by atoms with van der Waals surface area (Å²) in [6.07, 6.45) is 1.54. The van der Waals surface area contributed by atoms with E-state index >= 15 is 0 Å². The first-order valence-electron chi connectivity index (χ1n) is 6.66. The van der Waals surface area contributed by atoms with E-state index in [1.54, 1.807) is 25.1 Å². The van der Waals surface area contributed by atoms with E-state index in [0.29, 0.717) is 5.56 Å². The molecule has 0 bridgehead atoms. The standard InChI is InChI=1S/C15H15NO5S/c1-3-21-14(19)9(2)16-13(18)12(22-15(16)20)8-10-4-6-11(17)7-5-10/h4-9,17H,3H2,1-2H3/b12-8+/t9-/m0/s1. The van der Waals surface area contributed by atoms with Crippen LogP contribution in [-0.2, 0) is 14.3 Å². The van der Waals surface area contributed by atoms with Gasteiger partial charge >= 0.3 is 5.97 Å². The van der Waals surface area contributed by atoms with Crippen molar-refractivity contribution in [3.63, 3.8) is 0 Å². The van der Waals surface area contributed by atoms with Crippen molar-refractivity contribution in [2.45, 2.75) is 19.9 Å². The van der Waals surface area contributed by atoms with Gasteiger partial charge in [-0.05, 0) is 49.4 Å². The highest BCUT2D eigenvalue weighted by Gasteiger charge is 2.41. The number of esters is 1. The van der Waals surface area contributed by atoms with E-state index in [1.165, 1.54) is 19.1 Å². The molecule has 1 aromatic rings. The molecule has 0 saturated carbocycles. The molecule has 1 N–H and O–H groups in total. The van der Waals surface area contributed by atoms with Gasteiger partial charge in [-0.1, -0.05) is 12.1 Å². The van der Waals surface area contributed by atoms with Crippen LogP contribution in [0.2, 0.25) is 0 Å². The SMILES string of the molecule is CCOC(=O)[C@H](C)N1C(=O)S/C(=C/c2ccc(O)cc2)C1=O. The molecule has 1 saturated heterocycles. The van der Waals surface area contributed by atoms with Gasteiger partial charge in [0.2, 0.25) is 0 Å². The summed E-state index contributed by atoms with van der Waals surface area (Å²) < 4.78 is 4.84. The number of phenols is 1. The van der Waals surface area contributed by atoms with Gasteiger partial charge in [-0.3, -0.25) is 14.5 Å². The summed E-state index contributed by atoms with van der Waals surface area (Å²) >= 11 is 0.773. The van der Waals surface area contributed by atoms with Crippen LogP contribution in [0, 0.1) is 0 Å². The van der Waals surface area contributed by atoms with Gasteiger partial charge < -0.3 is 9.84 Å². The van der Waals surface area contributed by atoms with E-state index < -0.39 is 23.2 Å². The Morgan fingerprint density at radius 3 is 2.59 bits per heavy atom. The Morgan fingerprint density at radius 1 is 1.36 bits per heavy atom. The van der Waals surface area contributed by atoms with Crippen molar-refractivity contribution < 1.29 is 24.2 Å². The molecule has 7 heteroatoms. The van der Waals surface area contributed by atoms with Crippen molar-refractivity contribution in [1.29, 1.82) is 0 Å². The summed E-state index contributed by atoms with van der Waals surface area (Å²) in [6.45, 7) is 3.30. The minimum Gasteiger partial charge on any atom is -0.508 e. The first-order chi connectivity index (χ1) is 10.4. The third-order valence-corrected chi connectivity index (χ3v) is 3.91. The van der Waals surface area contributed by atoms with Crippen LogP contribution in [0.25, 0.3) is 6.08 Å². The maximum absolute atomic E-state index is 12.3. The van der Waals surface area contributed by atoms with E-state index in [-0.39, 0.29) is 17.3 Å². The van der Waals surface area contributed by atoms with Gasteiger partial charge in [0.15, 0.2) is 0 Å². The van der Waals surface area contributed by atoms with Crippen LogP contribution in [0.4, 0.5) is 4.79 Å². The molecule has 2 amide bonds. The number of ether oxygens (including phenoxy) is 1. The summed E-state index contributed by atoms with van der Waals surface area (Å²) in [7, 11) is 0. The number of thioether (sulfide) groups is 1. The number of carbonyl (C=O) groups is 3. The third-order valence-electron chi connectivity index (χ3n) is 3.03. The van der Waals surface area contributed by atoms with Crippen LogP contribution in [0.5, 0.6) is 5.75 Å². The van der Waals surface area contributed by atoms with Crippen molar-refractivity contribution in [3.05, 3.63) is 34.7 Å². The summed E-state index contributed by atoms with van der Waals surface area (Å²) in [6, 6.07) is 5.25. The van der Waals surface area contributed by atoms with Gasteiger partial charge in [0.1, 0.15) is 11.8 Å². The van der Waals surface area contributed by atoms with Crippen molar-refractivity contribution in [3.8, 4) is 5.75 Å². The van der Waals surface area contributed by atoms with Gasteiger partial charge in [0, 0.05) is 0 Å². The number of aromatic hydroxyl groups is 1. The van der Waals surface area contributed by atoms with E-state index in [4.69, 9.17) is 4.74 Å². The Kier molecular flexibility index (Phi) is 4.87. The quantitative estimate of drug-likeness (QED) is 0.677. The van der Waals surface area contributed by atoms with Crippen LogP contribution in [-0.4, -0.2) is 39.8 Å². The summed E-state index contributed by atoms with van der Waals surface area (Å²) in [5.41, 5.74) is 0.673. The predicted octanol–water partition coefficient (Wildman–Crippen LogP) is 2.38. The lowest BCUT2D eigenvalue weighted by Crippen LogP contribution is -2.42. The van der Waals surface area contributed by atoms with Gasteiger partial charge in [-0.15, -0.1) is 0 Å². The molecular weight excluding hydrogens is 306 g/mol. The van der Waals surface area contributed by atoms with Crippen LogP contribution >= 0.6 is 11.8 Å². The Bertz CT molecular complexity index is 638. The number of benzene rings is 1. The molecule has 116 valence electrons. The zero-order valence-electron chi connectivity index (χ0n) is 12.1. The Balaban J connectivity index is 2.21. The minimum absolute atomic E-state index is 0.112. The normalized spacial score (nSPS) is 17.9. The largest absolute Gasteiger partial charge is 0.508 e. The topological polar surface area (TPSA) is 83.9 Å². The molecule has 0 unspecified atom stereocenters. The monoisotopic (exact) mass is 321 g/mol. The van der Waals surface area contributed by atoms with Crippen LogP contribution < -0.4 is 0 Å². The molecule has 0 aromatic heterocycles. The van der Waals surface area contributed by atoms with Crippen LogP contribution in [0.15, 0.2) is 29.2 Å². The fraction of sp³-hybridized carbons (Fsp3) is 0.267. The molecule has 6 nitrogen and oxygen atoms in total. The Labute approximate surface area is 131 Å². The summed E-state index contributed by atoms with van der Waals surface area (Å²) in [5.74, 6) is -1.03. The molecule has 2 rings (SSSR count). The van der Waals surface area contributed by atoms with Gasteiger partial charge in [0.25, 0.3) is 11.1 Å². The molecule has 0 radical (unpaired) electrons. The average molecular weight is 321 g/mol. The number of carbonyl (C=O) groups excluding carboxylic acids is 3. The van der Waals surface area contributed by atoms with E-state index in [2.05, 4.69) is 0 Å². The predicted molar refractivity (Wildman–Crippen MR) is 82.0 cm³/mol. The number of nitrogens with zero attached hydrogens (tertiary/aromatic N) is 1. The Hall–Kier alpha value is -2.28. The van der Waals surface area contributed by atoms with Crippen molar-refractivity contribution in [2.75, 3.05) is 6.61 Å². The number of hydrogen-bond acceptors (Lipinski definition) is 6. The minimum atomic E-state index is -0.960. The number of amides is 2. The van der Waals surface area contributed by atoms with Crippen molar-refractivity contribution in [2.24, 2.45) is 0 Å². The molecule has 0 spiro atoms. The second kappa shape index (κ2) is 6.65. The highest BCUT2D eigenvalue weighted by molar-refractivity contribution is 8.18. The molecular formula is C15H15NO5S. The maximum Gasteiger partial charge on any atom is 0.329 e.